The molecule has 0 aliphatic carbocycles. The first-order valence-corrected chi connectivity index (χ1v) is 8.95. The lowest BCUT2D eigenvalue weighted by Crippen LogP contribution is -2.37. The molecule has 0 saturated carbocycles. The van der Waals surface area contributed by atoms with E-state index in [2.05, 4.69) is 10.6 Å². The molecule has 1 aromatic carbocycles. The number of carbonyl (C=O) groups is 3. The molecule has 2 rings (SSSR count). The molecule has 2 amide bonds. The maximum Gasteiger partial charge on any atom is 0.340 e. The Morgan fingerprint density at radius 2 is 1.85 bits per heavy atom. The number of carbonyl (C=O) groups excluding carboxylic acids is 3. The van der Waals surface area contributed by atoms with E-state index in [1.165, 1.54) is 18.4 Å². The predicted molar refractivity (Wildman–Crippen MR) is 103 cm³/mol. The summed E-state index contributed by atoms with van der Waals surface area (Å²) in [6, 6.07) is 10.8. The van der Waals surface area contributed by atoms with E-state index in [0.717, 1.165) is 10.4 Å². The van der Waals surface area contributed by atoms with Crippen molar-refractivity contribution in [2.24, 2.45) is 0 Å². The molecule has 0 fully saturated rings. The first-order valence-electron chi connectivity index (χ1n) is 8.07. The molecule has 2 N–H and O–H groups in total. The summed E-state index contributed by atoms with van der Waals surface area (Å²) in [5.74, 6) is -0.807. The number of likely N-dealkylation sites (N-methyl/N-ethyl adjacent to an activating group) is 1. The Labute approximate surface area is 161 Å². The van der Waals surface area contributed by atoms with Gasteiger partial charge in [-0.15, -0.1) is 11.3 Å². The largest absolute Gasteiger partial charge is 0.497 e. The summed E-state index contributed by atoms with van der Waals surface area (Å²) < 4.78 is 10.2. The molecule has 0 unspecified atom stereocenters. The van der Waals surface area contributed by atoms with Crippen molar-refractivity contribution in [3.63, 3.8) is 0 Å². The number of amides is 2. The van der Waals surface area contributed by atoms with E-state index in [4.69, 9.17) is 9.47 Å². The van der Waals surface area contributed by atoms with Crippen LogP contribution in [0.3, 0.4) is 0 Å². The van der Waals surface area contributed by atoms with Crippen LogP contribution in [0.15, 0.2) is 41.8 Å². The fourth-order valence-corrected chi connectivity index (χ4v) is 2.79. The van der Waals surface area contributed by atoms with Gasteiger partial charge in [-0.1, -0.05) is 18.2 Å². The van der Waals surface area contributed by atoms with Gasteiger partial charge in [0.25, 0.3) is 5.91 Å². The molecule has 1 aromatic heterocycles. The molecule has 0 bridgehead atoms. The standard InChI is InChI=1S/C19H20N2O5S/c1-20-17(22)11-21-18(23)12-26-19(24)15(16-4-3-9-27-16)10-13-5-7-14(25-2)8-6-13/h3-10H,11-12H2,1-2H3,(H,20,22)(H,21,23)/b15-10+. The lowest BCUT2D eigenvalue weighted by molar-refractivity contribution is -0.143. The van der Waals surface area contributed by atoms with Crippen molar-refractivity contribution in [2.45, 2.75) is 0 Å². The van der Waals surface area contributed by atoms with Crippen LogP contribution < -0.4 is 15.4 Å². The average molecular weight is 388 g/mol. The minimum Gasteiger partial charge on any atom is -0.497 e. The van der Waals surface area contributed by atoms with Gasteiger partial charge in [0, 0.05) is 11.9 Å². The minimum absolute atomic E-state index is 0.174. The van der Waals surface area contributed by atoms with Crippen LogP contribution in [0.1, 0.15) is 10.4 Å². The molecule has 1 heterocycles. The molecule has 0 spiro atoms. The Bertz CT molecular complexity index is 813. The number of hydrogen-bond donors (Lipinski definition) is 2. The van der Waals surface area contributed by atoms with Crippen molar-refractivity contribution in [1.82, 2.24) is 10.6 Å². The lowest BCUT2D eigenvalue weighted by Gasteiger charge is -2.08. The second kappa shape index (κ2) is 10.1. The highest BCUT2D eigenvalue weighted by atomic mass is 32.1. The average Bonchev–Trinajstić information content (AvgIpc) is 3.23. The van der Waals surface area contributed by atoms with Crippen LogP contribution in [0.5, 0.6) is 5.75 Å². The van der Waals surface area contributed by atoms with Crippen LogP contribution in [0.2, 0.25) is 0 Å². The van der Waals surface area contributed by atoms with Crippen molar-refractivity contribution in [1.29, 1.82) is 0 Å². The smallest absolute Gasteiger partial charge is 0.340 e. The quantitative estimate of drug-likeness (QED) is 0.530. The van der Waals surface area contributed by atoms with Gasteiger partial charge in [-0.2, -0.15) is 0 Å². The Kier molecular flexibility index (Phi) is 7.57. The Morgan fingerprint density at radius 3 is 2.44 bits per heavy atom. The molecule has 0 radical (unpaired) electrons. The molecule has 0 aliphatic heterocycles. The van der Waals surface area contributed by atoms with Crippen LogP contribution in [-0.2, 0) is 19.1 Å². The monoisotopic (exact) mass is 388 g/mol. The number of benzene rings is 1. The van der Waals surface area contributed by atoms with E-state index >= 15 is 0 Å². The van der Waals surface area contributed by atoms with Crippen molar-refractivity contribution in [3.8, 4) is 5.75 Å². The fourth-order valence-electron chi connectivity index (χ4n) is 2.06. The van der Waals surface area contributed by atoms with E-state index in [1.807, 2.05) is 23.6 Å². The summed E-state index contributed by atoms with van der Waals surface area (Å²) in [6.45, 7) is -0.645. The Hall–Kier alpha value is -3.13. The molecular formula is C19H20N2O5S. The maximum atomic E-state index is 12.5. The van der Waals surface area contributed by atoms with Crippen molar-refractivity contribution in [3.05, 3.63) is 52.2 Å². The fraction of sp³-hybridized carbons (Fsp3) is 0.211. The molecule has 0 aliphatic rings. The molecular weight excluding hydrogens is 368 g/mol. The van der Waals surface area contributed by atoms with E-state index in [1.54, 1.807) is 31.4 Å². The van der Waals surface area contributed by atoms with Crippen molar-refractivity contribution in [2.75, 3.05) is 27.3 Å². The van der Waals surface area contributed by atoms with Crippen LogP contribution in [0, 0.1) is 0 Å². The normalized spacial score (nSPS) is 10.8. The summed E-state index contributed by atoms with van der Waals surface area (Å²) in [6.07, 6.45) is 1.69. The Morgan fingerprint density at radius 1 is 1.11 bits per heavy atom. The second-order valence-electron chi connectivity index (χ2n) is 5.33. The summed E-state index contributed by atoms with van der Waals surface area (Å²) in [7, 11) is 3.04. The van der Waals surface area contributed by atoms with E-state index in [9.17, 15) is 14.4 Å². The van der Waals surface area contributed by atoms with Gasteiger partial charge in [0.05, 0.1) is 19.2 Å². The number of nitrogens with one attached hydrogen (secondary N) is 2. The van der Waals surface area contributed by atoms with E-state index < -0.39 is 18.5 Å². The number of ether oxygens (including phenoxy) is 2. The molecule has 0 atom stereocenters. The van der Waals surface area contributed by atoms with Crippen LogP contribution in [0.25, 0.3) is 11.6 Å². The summed E-state index contributed by atoms with van der Waals surface area (Å²) in [5.41, 5.74) is 1.13. The molecule has 2 aromatic rings. The number of thiophene rings is 1. The number of rotatable bonds is 8. The van der Waals surface area contributed by atoms with Gasteiger partial charge in [-0.25, -0.2) is 4.79 Å². The maximum absolute atomic E-state index is 12.5. The SMILES string of the molecule is CNC(=O)CNC(=O)COC(=O)/C(=C/c1ccc(OC)cc1)c1cccs1. The molecule has 27 heavy (non-hydrogen) atoms. The zero-order valence-corrected chi connectivity index (χ0v) is 15.8. The minimum atomic E-state index is -0.622. The molecule has 0 saturated heterocycles. The Balaban J connectivity index is 2.07. The van der Waals surface area contributed by atoms with Gasteiger partial charge in [-0.3, -0.25) is 9.59 Å². The van der Waals surface area contributed by atoms with Gasteiger partial charge in [0.15, 0.2) is 6.61 Å². The van der Waals surface area contributed by atoms with Crippen LogP contribution >= 0.6 is 11.3 Å². The van der Waals surface area contributed by atoms with Gasteiger partial charge in [0.1, 0.15) is 5.75 Å². The molecule has 8 heteroatoms. The number of hydrogen-bond acceptors (Lipinski definition) is 6. The van der Waals surface area contributed by atoms with E-state index in [0.29, 0.717) is 11.3 Å². The first kappa shape index (κ1) is 20.2. The van der Waals surface area contributed by atoms with Gasteiger partial charge < -0.3 is 20.1 Å². The van der Waals surface area contributed by atoms with Gasteiger partial charge in [0.2, 0.25) is 5.91 Å². The van der Waals surface area contributed by atoms with Gasteiger partial charge in [-0.05, 0) is 35.2 Å². The highest BCUT2D eigenvalue weighted by molar-refractivity contribution is 7.11. The highest BCUT2D eigenvalue weighted by Crippen LogP contribution is 2.25. The third kappa shape index (κ3) is 6.27. The highest BCUT2D eigenvalue weighted by Gasteiger charge is 2.16. The third-order valence-corrected chi connectivity index (χ3v) is 4.40. The predicted octanol–water partition coefficient (Wildman–Crippen LogP) is 1.70. The second-order valence-corrected chi connectivity index (χ2v) is 6.28. The third-order valence-electron chi connectivity index (χ3n) is 3.49. The lowest BCUT2D eigenvalue weighted by atomic mass is 10.1. The zero-order chi connectivity index (χ0) is 19.6. The molecule has 142 valence electrons. The first-order chi connectivity index (χ1) is 13.0. The van der Waals surface area contributed by atoms with Crippen molar-refractivity contribution < 1.29 is 23.9 Å². The summed E-state index contributed by atoms with van der Waals surface area (Å²) in [5, 5.41) is 6.59. The van der Waals surface area contributed by atoms with Gasteiger partial charge >= 0.3 is 5.97 Å². The van der Waals surface area contributed by atoms with E-state index in [-0.39, 0.29) is 12.5 Å². The van der Waals surface area contributed by atoms with Crippen LogP contribution in [-0.4, -0.2) is 45.1 Å². The topological polar surface area (TPSA) is 93.7 Å². The summed E-state index contributed by atoms with van der Waals surface area (Å²) in [4.78, 5) is 36.0. The zero-order valence-electron chi connectivity index (χ0n) is 15.0. The number of esters is 1. The molecule has 7 nitrogen and oxygen atoms in total. The summed E-state index contributed by atoms with van der Waals surface area (Å²) >= 11 is 1.39. The number of methoxy groups -OCH3 is 1. The van der Waals surface area contributed by atoms with Crippen LogP contribution in [0.4, 0.5) is 0 Å². The van der Waals surface area contributed by atoms with Crippen molar-refractivity contribution >= 4 is 40.8 Å².